The third-order valence-electron chi connectivity index (χ3n) is 2.69. The Morgan fingerprint density at radius 3 is 2.05 bits per heavy atom. The smallest absolute Gasteiger partial charge is 0.271 e. The van der Waals surface area contributed by atoms with Crippen LogP contribution >= 0.6 is 0 Å². The van der Waals surface area contributed by atoms with Gasteiger partial charge in [-0.15, -0.1) is 0 Å². The first kappa shape index (κ1) is 15.9. The zero-order chi connectivity index (χ0) is 15.0. The minimum Gasteiger partial charge on any atom is -0.271 e. The van der Waals surface area contributed by atoms with E-state index < -0.39 is 20.2 Å². The fourth-order valence-electron chi connectivity index (χ4n) is 1.33. The zero-order valence-corrected chi connectivity index (χ0v) is 12.8. The summed E-state index contributed by atoms with van der Waals surface area (Å²) in [5, 5.41) is 5.05. The standard InChI is InChI=1S/C10H17N3O4S2/c1-7-5-9(18(11,14)15)6-10(8(7)2)12-19(16,17)13(3)4/h5-6,12H,1-4H3,(H2,11,14,15). The fourth-order valence-corrected chi connectivity index (χ4v) is 2.62. The molecule has 0 aliphatic carbocycles. The Hall–Kier alpha value is -1.16. The second-order valence-corrected chi connectivity index (χ2v) is 7.79. The van der Waals surface area contributed by atoms with Crippen molar-refractivity contribution in [1.82, 2.24) is 4.31 Å². The SMILES string of the molecule is Cc1cc(S(N)(=O)=O)cc(NS(=O)(=O)N(C)C)c1C. The first-order chi connectivity index (χ1) is 8.45. The Morgan fingerprint density at radius 2 is 1.63 bits per heavy atom. The number of hydrogen-bond donors (Lipinski definition) is 2. The van der Waals surface area contributed by atoms with Crippen molar-refractivity contribution in [3.63, 3.8) is 0 Å². The lowest BCUT2D eigenvalue weighted by molar-refractivity contribution is 0.526. The highest BCUT2D eigenvalue weighted by Gasteiger charge is 2.18. The Labute approximate surface area is 113 Å². The molecule has 0 heterocycles. The molecule has 0 amide bonds. The Morgan fingerprint density at radius 1 is 1.11 bits per heavy atom. The van der Waals surface area contributed by atoms with Crippen molar-refractivity contribution in [2.75, 3.05) is 18.8 Å². The van der Waals surface area contributed by atoms with Crippen LogP contribution in [0.3, 0.4) is 0 Å². The summed E-state index contributed by atoms with van der Waals surface area (Å²) in [5.74, 6) is 0. The first-order valence-electron chi connectivity index (χ1n) is 5.29. The molecule has 1 rings (SSSR count). The Balaban J connectivity index is 3.41. The van der Waals surface area contributed by atoms with Crippen molar-refractivity contribution in [3.8, 4) is 0 Å². The minimum absolute atomic E-state index is 0.132. The molecule has 0 atom stereocenters. The van der Waals surface area contributed by atoms with Gasteiger partial charge in [-0.1, -0.05) is 0 Å². The number of sulfonamides is 1. The van der Waals surface area contributed by atoms with Crippen LogP contribution in [0.15, 0.2) is 17.0 Å². The highest BCUT2D eigenvalue weighted by Crippen LogP contribution is 2.24. The van der Waals surface area contributed by atoms with Gasteiger partial charge in [0.2, 0.25) is 10.0 Å². The summed E-state index contributed by atoms with van der Waals surface area (Å²) in [4.78, 5) is -0.132. The van der Waals surface area contributed by atoms with Crippen LogP contribution in [-0.4, -0.2) is 35.2 Å². The molecule has 1 aromatic rings. The summed E-state index contributed by atoms with van der Waals surface area (Å²) in [5.41, 5.74) is 1.46. The molecule has 0 fully saturated rings. The molecule has 19 heavy (non-hydrogen) atoms. The molecule has 9 heteroatoms. The molecule has 0 bridgehead atoms. The van der Waals surface area contributed by atoms with Gasteiger partial charge in [0.1, 0.15) is 0 Å². The number of nitrogens with zero attached hydrogens (tertiary/aromatic N) is 1. The topological polar surface area (TPSA) is 110 Å². The van der Waals surface area contributed by atoms with Gasteiger partial charge in [0, 0.05) is 14.1 Å². The van der Waals surface area contributed by atoms with Crippen molar-refractivity contribution in [3.05, 3.63) is 23.3 Å². The number of anilines is 1. The normalized spacial score (nSPS) is 12.7. The summed E-state index contributed by atoms with van der Waals surface area (Å²) in [6.45, 7) is 3.37. The van der Waals surface area contributed by atoms with Crippen LogP contribution in [0.1, 0.15) is 11.1 Å². The lowest BCUT2D eigenvalue weighted by atomic mass is 10.1. The fraction of sp³-hybridized carbons (Fsp3) is 0.400. The van der Waals surface area contributed by atoms with Gasteiger partial charge < -0.3 is 0 Å². The predicted octanol–water partition coefficient (Wildman–Crippen LogP) is 0.169. The van der Waals surface area contributed by atoms with Gasteiger partial charge in [-0.25, -0.2) is 13.6 Å². The number of benzene rings is 1. The quantitative estimate of drug-likeness (QED) is 0.826. The van der Waals surface area contributed by atoms with Gasteiger partial charge in [-0.2, -0.15) is 12.7 Å². The Kier molecular flexibility index (Phi) is 4.25. The molecular weight excluding hydrogens is 290 g/mol. The van der Waals surface area contributed by atoms with Gasteiger partial charge in [0.25, 0.3) is 0 Å². The summed E-state index contributed by atoms with van der Waals surface area (Å²) in [6.07, 6.45) is 0. The third-order valence-corrected chi connectivity index (χ3v) is 5.02. The van der Waals surface area contributed by atoms with E-state index >= 15 is 0 Å². The Bertz CT molecular complexity index is 694. The number of hydrogen-bond acceptors (Lipinski definition) is 4. The van der Waals surface area contributed by atoms with E-state index in [0.29, 0.717) is 11.1 Å². The molecule has 0 aromatic heterocycles. The summed E-state index contributed by atoms with van der Waals surface area (Å²) in [7, 11) is -4.86. The summed E-state index contributed by atoms with van der Waals surface area (Å²) < 4.78 is 49.5. The molecule has 108 valence electrons. The lowest BCUT2D eigenvalue weighted by Gasteiger charge is -2.17. The van der Waals surface area contributed by atoms with Crippen molar-refractivity contribution in [2.45, 2.75) is 18.7 Å². The molecule has 1 aromatic carbocycles. The van der Waals surface area contributed by atoms with Gasteiger partial charge in [-0.3, -0.25) is 4.72 Å². The average molecular weight is 307 g/mol. The van der Waals surface area contributed by atoms with Crippen molar-refractivity contribution < 1.29 is 16.8 Å². The first-order valence-corrected chi connectivity index (χ1v) is 8.28. The van der Waals surface area contributed by atoms with Crippen LogP contribution in [0.2, 0.25) is 0 Å². The van der Waals surface area contributed by atoms with Gasteiger partial charge in [0.05, 0.1) is 10.6 Å². The molecular formula is C10H17N3O4S2. The maximum absolute atomic E-state index is 11.8. The third kappa shape index (κ3) is 3.66. The van der Waals surface area contributed by atoms with E-state index in [1.807, 2.05) is 0 Å². The zero-order valence-electron chi connectivity index (χ0n) is 11.1. The number of nitrogens with one attached hydrogen (secondary N) is 1. The molecule has 7 nitrogen and oxygen atoms in total. The summed E-state index contributed by atoms with van der Waals surface area (Å²) in [6, 6.07) is 2.61. The number of primary sulfonamides is 1. The second kappa shape index (κ2) is 5.08. The largest absolute Gasteiger partial charge is 0.301 e. The predicted molar refractivity (Wildman–Crippen MR) is 73.5 cm³/mol. The van der Waals surface area contributed by atoms with Crippen LogP contribution in [0.4, 0.5) is 5.69 Å². The van der Waals surface area contributed by atoms with E-state index in [4.69, 9.17) is 5.14 Å². The monoisotopic (exact) mass is 307 g/mol. The average Bonchev–Trinajstić information content (AvgIpc) is 2.22. The van der Waals surface area contributed by atoms with Gasteiger partial charge in [0.15, 0.2) is 0 Å². The molecule has 0 unspecified atom stereocenters. The van der Waals surface area contributed by atoms with Crippen LogP contribution in [-0.2, 0) is 20.2 Å². The summed E-state index contributed by atoms with van der Waals surface area (Å²) >= 11 is 0. The van der Waals surface area contributed by atoms with E-state index in [1.54, 1.807) is 13.8 Å². The van der Waals surface area contributed by atoms with E-state index in [9.17, 15) is 16.8 Å². The van der Waals surface area contributed by atoms with Crippen LogP contribution in [0.25, 0.3) is 0 Å². The van der Waals surface area contributed by atoms with Crippen molar-refractivity contribution in [1.29, 1.82) is 0 Å². The molecule has 0 radical (unpaired) electrons. The van der Waals surface area contributed by atoms with E-state index in [1.165, 1.54) is 26.2 Å². The van der Waals surface area contributed by atoms with Crippen LogP contribution in [0.5, 0.6) is 0 Å². The maximum Gasteiger partial charge on any atom is 0.301 e. The molecule has 0 saturated carbocycles. The van der Waals surface area contributed by atoms with E-state index in [2.05, 4.69) is 4.72 Å². The highest BCUT2D eigenvalue weighted by molar-refractivity contribution is 7.90. The van der Waals surface area contributed by atoms with Crippen LogP contribution in [0, 0.1) is 13.8 Å². The number of aryl methyl sites for hydroxylation is 1. The number of nitrogens with two attached hydrogens (primary N) is 1. The molecule has 0 aliphatic rings. The van der Waals surface area contributed by atoms with Crippen molar-refractivity contribution >= 4 is 25.9 Å². The molecule has 0 saturated heterocycles. The lowest BCUT2D eigenvalue weighted by Crippen LogP contribution is -2.29. The molecule has 0 aliphatic heterocycles. The van der Waals surface area contributed by atoms with E-state index in [0.717, 1.165) is 4.31 Å². The second-order valence-electron chi connectivity index (χ2n) is 4.35. The van der Waals surface area contributed by atoms with Gasteiger partial charge in [-0.05, 0) is 37.1 Å². The van der Waals surface area contributed by atoms with Crippen molar-refractivity contribution in [2.24, 2.45) is 5.14 Å². The molecule has 0 spiro atoms. The minimum atomic E-state index is -3.89. The van der Waals surface area contributed by atoms with Crippen LogP contribution < -0.4 is 9.86 Å². The number of rotatable bonds is 4. The highest BCUT2D eigenvalue weighted by atomic mass is 32.2. The maximum atomic E-state index is 11.8. The van der Waals surface area contributed by atoms with E-state index in [-0.39, 0.29) is 10.6 Å². The molecule has 3 N–H and O–H groups in total. The van der Waals surface area contributed by atoms with Gasteiger partial charge >= 0.3 is 10.2 Å².